The summed E-state index contributed by atoms with van der Waals surface area (Å²) < 4.78 is 4.73. The quantitative estimate of drug-likeness (QED) is 0.584. The maximum absolute atomic E-state index is 11.3. The van der Waals surface area contributed by atoms with E-state index in [2.05, 4.69) is 11.6 Å². The summed E-state index contributed by atoms with van der Waals surface area (Å²) >= 11 is 0. The zero-order valence-corrected chi connectivity index (χ0v) is 8.56. The molecular formula is C11H14NO3+. The molecule has 4 heteroatoms. The van der Waals surface area contributed by atoms with E-state index < -0.39 is 12.1 Å². The Labute approximate surface area is 88.2 Å². The number of ether oxygens (including phenoxy) is 1. The minimum Gasteiger partial charge on any atom is -0.463 e. The normalized spacial score (nSPS) is 11.9. The van der Waals surface area contributed by atoms with Crippen molar-refractivity contribution in [2.45, 2.75) is 13.0 Å². The lowest BCUT2D eigenvalue weighted by Crippen LogP contribution is -2.20. The van der Waals surface area contributed by atoms with Crippen LogP contribution >= 0.6 is 0 Å². The zero-order chi connectivity index (χ0) is 11.3. The van der Waals surface area contributed by atoms with Gasteiger partial charge in [-0.3, -0.25) is 0 Å². The molecular weight excluding hydrogens is 194 g/mol. The SMILES string of the molecule is C=C(C(=O)OCC)C(O)c1cccc[nH+]1. The van der Waals surface area contributed by atoms with Gasteiger partial charge in [0.05, 0.1) is 12.2 Å². The molecule has 1 unspecified atom stereocenters. The lowest BCUT2D eigenvalue weighted by Gasteiger charge is -2.08. The fraction of sp³-hybridized carbons (Fsp3) is 0.273. The van der Waals surface area contributed by atoms with E-state index in [1.54, 1.807) is 31.3 Å². The van der Waals surface area contributed by atoms with Crippen molar-refractivity contribution in [1.82, 2.24) is 0 Å². The number of aromatic amines is 1. The van der Waals surface area contributed by atoms with Crippen molar-refractivity contribution in [1.29, 1.82) is 0 Å². The van der Waals surface area contributed by atoms with Crippen LogP contribution in [0.5, 0.6) is 0 Å². The Hall–Kier alpha value is -1.68. The zero-order valence-electron chi connectivity index (χ0n) is 8.56. The Kier molecular flexibility index (Phi) is 4.00. The summed E-state index contributed by atoms with van der Waals surface area (Å²) in [5.41, 5.74) is 0.537. The highest BCUT2D eigenvalue weighted by atomic mass is 16.5. The van der Waals surface area contributed by atoms with E-state index in [0.717, 1.165) is 0 Å². The molecule has 0 bridgehead atoms. The number of H-pyrrole nitrogens is 1. The number of nitrogens with one attached hydrogen (secondary N) is 1. The first-order valence-corrected chi connectivity index (χ1v) is 4.67. The summed E-state index contributed by atoms with van der Waals surface area (Å²) in [4.78, 5) is 14.1. The molecule has 1 aromatic rings. The molecule has 1 aromatic heterocycles. The van der Waals surface area contributed by atoms with Crippen LogP contribution in [-0.4, -0.2) is 17.7 Å². The summed E-state index contributed by atoms with van der Waals surface area (Å²) in [5.74, 6) is -0.581. The molecule has 0 spiro atoms. The van der Waals surface area contributed by atoms with Crippen LogP contribution in [0.2, 0.25) is 0 Å². The minimum atomic E-state index is -1.05. The molecule has 0 aromatic carbocycles. The fourth-order valence-electron chi connectivity index (χ4n) is 1.10. The van der Waals surface area contributed by atoms with Crippen LogP contribution in [0.25, 0.3) is 0 Å². The molecule has 0 amide bonds. The molecule has 1 atom stereocenters. The van der Waals surface area contributed by atoms with Gasteiger partial charge in [0.2, 0.25) is 5.69 Å². The standard InChI is InChI=1S/C11H13NO3/c1-3-15-11(14)8(2)10(13)9-6-4-5-7-12-9/h4-7,10,13H,2-3H2,1H3/p+1. The molecule has 2 N–H and O–H groups in total. The highest BCUT2D eigenvalue weighted by Crippen LogP contribution is 2.16. The van der Waals surface area contributed by atoms with Gasteiger partial charge in [-0.1, -0.05) is 6.58 Å². The van der Waals surface area contributed by atoms with Crippen molar-refractivity contribution in [2.24, 2.45) is 0 Å². The predicted octanol–water partition coefficient (Wildman–Crippen LogP) is 0.653. The number of carbonyl (C=O) groups excluding carboxylic acids is 1. The van der Waals surface area contributed by atoms with Crippen molar-refractivity contribution >= 4 is 5.97 Å². The van der Waals surface area contributed by atoms with Crippen LogP contribution in [0.4, 0.5) is 0 Å². The van der Waals surface area contributed by atoms with Gasteiger partial charge in [-0.05, 0) is 13.0 Å². The lowest BCUT2D eigenvalue weighted by atomic mass is 10.1. The maximum atomic E-state index is 11.3. The second kappa shape index (κ2) is 5.26. The van der Waals surface area contributed by atoms with Crippen LogP contribution in [0.1, 0.15) is 18.7 Å². The summed E-state index contributed by atoms with van der Waals surface area (Å²) in [6.45, 7) is 5.47. The number of rotatable bonds is 4. The third kappa shape index (κ3) is 2.89. The third-order valence-electron chi connectivity index (χ3n) is 1.90. The van der Waals surface area contributed by atoms with Gasteiger partial charge in [-0.15, -0.1) is 0 Å². The first-order chi connectivity index (χ1) is 7.16. The highest BCUT2D eigenvalue weighted by molar-refractivity contribution is 5.88. The maximum Gasteiger partial charge on any atom is 0.336 e. The highest BCUT2D eigenvalue weighted by Gasteiger charge is 2.23. The van der Waals surface area contributed by atoms with Gasteiger partial charge < -0.3 is 9.84 Å². The van der Waals surface area contributed by atoms with Gasteiger partial charge in [0, 0.05) is 12.1 Å². The number of aliphatic hydroxyl groups excluding tert-OH is 1. The molecule has 0 aliphatic rings. The number of hydrogen-bond donors (Lipinski definition) is 1. The van der Waals surface area contributed by atoms with E-state index in [1.165, 1.54) is 0 Å². The second-order valence-electron chi connectivity index (χ2n) is 2.97. The Morgan fingerprint density at radius 1 is 1.67 bits per heavy atom. The van der Waals surface area contributed by atoms with Gasteiger partial charge in [-0.25, -0.2) is 9.78 Å². The molecule has 0 aliphatic heterocycles. The van der Waals surface area contributed by atoms with Gasteiger partial charge in [0.15, 0.2) is 12.3 Å². The van der Waals surface area contributed by atoms with Crippen LogP contribution in [0.3, 0.4) is 0 Å². The molecule has 0 aliphatic carbocycles. The van der Waals surface area contributed by atoms with E-state index in [0.29, 0.717) is 5.69 Å². The number of aromatic nitrogens is 1. The van der Waals surface area contributed by atoms with E-state index in [9.17, 15) is 9.90 Å². The Morgan fingerprint density at radius 2 is 2.40 bits per heavy atom. The first-order valence-electron chi connectivity index (χ1n) is 4.67. The average Bonchev–Trinajstić information content (AvgIpc) is 2.28. The number of aliphatic hydroxyl groups is 1. The van der Waals surface area contributed by atoms with Crippen molar-refractivity contribution in [2.75, 3.05) is 6.61 Å². The molecule has 4 nitrogen and oxygen atoms in total. The second-order valence-corrected chi connectivity index (χ2v) is 2.97. The summed E-state index contributed by atoms with van der Waals surface area (Å²) in [6.07, 6.45) is 0.613. The number of esters is 1. The molecule has 0 fully saturated rings. The average molecular weight is 208 g/mol. The topological polar surface area (TPSA) is 60.7 Å². The monoisotopic (exact) mass is 208 g/mol. The minimum absolute atomic E-state index is 0.0271. The largest absolute Gasteiger partial charge is 0.463 e. The number of carbonyl (C=O) groups is 1. The summed E-state index contributed by atoms with van der Waals surface area (Å²) in [7, 11) is 0. The van der Waals surface area contributed by atoms with Crippen molar-refractivity contribution in [3.63, 3.8) is 0 Å². The van der Waals surface area contributed by atoms with Crippen LogP contribution < -0.4 is 4.98 Å². The summed E-state index contributed by atoms with van der Waals surface area (Å²) in [5, 5.41) is 9.75. The van der Waals surface area contributed by atoms with Crippen LogP contribution in [0, 0.1) is 0 Å². The van der Waals surface area contributed by atoms with E-state index in [-0.39, 0.29) is 12.2 Å². The molecule has 0 radical (unpaired) electrons. The van der Waals surface area contributed by atoms with Gasteiger partial charge in [0.25, 0.3) is 0 Å². The van der Waals surface area contributed by atoms with Gasteiger partial charge >= 0.3 is 5.97 Å². The van der Waals surface area contributed by atoms with Crippen molar-refractivity contribution in [3.8, 4) is 0 Å². The summed E-state index contributed by atoms with van der Waals surface area (Å²) in [6, 6.07) is 5.21. The van der Waals surface area contributed by atoms with Crippen molar-refractivity contribution in [3.05, 3.63) is 42.2 Å². The molecule has 1 heterocycles. The van der Waals surface area contributed by atoms with Gasteiger partial charge in [0.1, 0.15) is 0 Å². The van der Waals surface area contributed by atoms with E-state index >= 15 is 0 Å². The lowest BCUT2D eigenvalue weighted by molar-refractivity contribution is -0.397. The third-order valence-corrected chi connectivity index (χ3v) is 1.90. The molecule has 1 rings (SSSR count). The van der Waals surface area contributed by atoms with Crippen molar-refractivity contribution < 1.29 is 19.6 Å². The first kappa shape index (κ1) is 11.4. The molecule has 15 heavy (non-hydrogen) atoms. The fourth-order valence-corrected chi connectivity index (χ4v) is 1.10. The predicted molar refractivity (Wildman–Crippen MR) is 53.7 cm³/mol. The Morgan fingerprint density at radius 3 is 2.93 bits per heavy atom. The number of hydrogen-bond acceptors (Lipinski definition) is 3. The van der Waals surface area contributed by atoms with E-state index in [4.69, 9.17) is 4.74 Å². The molecule has 0 saturated heterocycles. The van der Waals surface area contributed by atoms with Crippen LogP contribution in [-0.2, 0) is 9.53 Å². The van der Waals surface area contributed by atoms with Gasteiger partial charge in [-0.2, -0.15) is 0 Å². The smallest absolute Gasteiger partial charge is 0.336 e. The Bertz CT molecular complexity index is 348. The van der Waals surface area contributed by atoms with E-state index in [1.807, 2.05) is 0 Å². The van der Waals surface area contributed by atoms with Crippen LogP contribution in [0.15, 0.2) is 36.5 Å². The molecule has 80 valence electrons. The number of pyridine rings is 1. The Balaban J connectivity index is 2.73. The molecule has 0 saturated carbocycles.